The van der Waals surface area contributed by atoms with Crippen LogP contribution in [0.2, 0.25) is 5.02 Å². The van der Waals surface area contributed by atoms with Gasteiger partial charge in [-0.1, -0.05) is 23.7 Å². The number of benzene rings is 1. The molecule has 0 saturated carbocycles. The number of rotatable bonds is 2. The first-order chi connectivity index (χ1) is 10.2. The highest BCUT2D eigenvalue weighted by Crippen LogP contribution is 2.37. The molecule has 2 N–H and O–H groups in total. The van der Waals surface area contributed by atoms with E-state index in [1.165, 1.54) is 0 Å². The van der Waals surface area contributed by atoms with E-state index in [0.717, 1.165) is 31.5 Å². The van der Waals surface area contributed by atoms with Crippen LogP contribution in [0.3, 0.4) is 0 Å². The third-order valence-electron chi connectivity index (χ3n) is 4.13. The van der Waals surface area contributed by atoms with E-state index in [-0.39, 0.29) is 5.91 Å². The molecular formula is C15H18ClN3O2. The number of anilines is 1. The monoisotopic (exact) mass is 307 g/mol. The minimum atomic E-state index is -0.393. The zero-order valence-corrected chi connectivity index (χ0v) is 12.4. The number of nitrogens with zero attached hydrogens (tertiary/aromatic N) is 1. The van der Waals surface area contributed by atoms with Crippen LogP contribution in [-0.2, 0) is 4.79 Å². The van der Waals surface area contributed by atoms with Gasteiger partial charge in [0.05, 0.1) is 10.7 Å². The first kappa shape index (κ1) is 14.4. The quantitative estimate of drug-likeness (QED) is 0.881. The molecule has 3 rings (SSSR count). The van der Waals surface area contributed by atoms with Crippen LogP contribution in [0.4, 0.5) is 10.5 Å². The highest BCUT2D eigenvalue weighted by Gasteiger charge is 2.27. The molecule has 2 aliphatic heterocycles. The summed E-state index contributed by atoms with van der Waals surface area (Å²) in [6.45, 7) is 2.36. The van der Waals surface area contributed by atoms with Crippen LogP contribution in [0, 0.1) is 0 Å². The summed E-state index contributed by atoms with van der Waals surface area (Å²) < 4.78 is 0. The van der Waals surface area contributed by atoms with Gasteiger partial charge in [0.25, 0.3) is 0 Å². The van der Waals surface area contributed by atoms with Gasteiger partial charge in [0, 0.05) is 13.0 Å². The predicted molar refractivity (Wildman–Crippen MR) is 81.8 cm³/mol. The summed E-state index contributed by atoms with van der Waals surface area (Å²) in [5.41, 5.74) is 1.79. The molecule has 3 amide bonds. The molecule has 112 valence electrons. The molecule has 2 heterocycles. The molecule has 0 bridgehead atoms. The average molecular weight is 308 g/mol. The van der Waals surface area contributed by atoms with Gasteiger partial charge >= 0.3 is 6.03 Å². The van der Waals surface area contributed by atoms with Crippen LogP contribution >= 0.6 is 11.6 Å². The Morgan fingerprint density at radius 3 is 2.67 bits per heavy atom. The van der Waals surface area contributed by atoms with Gasteiger partial charge in [-0.05, 0) is 43.5 Å². The van der Waals surface area contributed by atoms with Gasteiger partial charge in [0.1, 0.15) is 0 Å². The molecule has 2 aliphatic rings. The molecule has 5 nitrogen and oxygen atoms in total. The SMILES string of the molecule is O=C1CCN(c2cccc(C3CCNCC3)c2Cl)C(=O)N1. The van der Waals surface area contributed by atoms with E-state index >= 15 is 0 Å². The molecule has 0 atom stereocenters. The van der Waals surface area contributed by atoms with Gasteiger partial charge in [0.15, 0.2) is 0 Å². The molecule has 0 radical (unpaired) electrons. The van der Waals surface area contributed by atoms with Crippen molar-refractivity contribution in [2.45, 2.75) is 25.2 Å². The number of halogens is 1. The molecule has 0 aromatic heterocycles. The Morgan fingerprint density at radius 2 is 1.95 bits per heavy atom. The van der Waals surface area contributed by atoms with Crippen LogP contribution in [0.25, 0.3) is 0 Å². The fraction of sp³-hybridized carbons (Fsp3) is 0.467. The van der Waals surface area contributed by atoms with E-state index in [2.05, 4.69) is 10.6 Å². The average Bonchev–Trinajstić information content (AvgIpc) is 2.49. The second kappa shape index (κ2) is 6.03. The minimum absolute atomic E-state index is 0.234. The summed E-state index contributed by atoms with van der Waals surface area (Å²) in [6.07, 6.45) is 2.40. The summed E-state index contributed by atoms with van der Waals surface area (Å²) in [5, 5.41) is 6.31. The maximum Gasteiger partial charge on any atom is 0.328 e. The number of hydrogen-bond donors (Lipinski definition) is 2. The first-order valence-corrected chi connectivity index (χ1v) is 7.65. The number of urea groups is 1. The topological polar surface area (TPSA) is 61.4 Å². The Kier molecular flexibility index (Phi) is 4.12. The lowest BCUT2D eigenvalue weighted by molar-refractivity contribution is -0.120. The summed E-state index contributed by atoms with van der Waals surface area (Å²) in [4.78, 5) is 24.8. The Balaban J connectivity index is 1.89. The number of amides is 3. The van der Waals surface area contributed by atoms with Crippen molar-refractivity contribution in [1.82, 2.24) is 10.6 Å². The normalized spacial score (nSPS) is 20.5. The van der Waals surface area contributed by atoms with Gasteiger partial charge in [-0.15, -0.1) is 0 Å². The van der Waals surface area contributed by atoms with Crippen molar-refractivity contribution < 1.29 is 9.59 Å². The van der Waals surface area contributed by atoms with Crippen molar-refractivity contribution in [3.05, 3.63) is 28.8 Å². The Morgan fingerprint density at radius 1 is 1.19 bits per heavy atom. The summed E-state index contributed by atoms with van der Waals surface area (Å²) >= 11 is 6.55. The number of carbonyl (C=O) groups excluding carboxylic acids is 2. The number of imide groups is 1. The van der Waals surface area contributed by atoms with Crippen molar-refractivity contribution in [1.29, 1.82) is 0 Å². The third-order valence-corrected chi connectivity index (χ3v) is 4.54. The number of nitrogens with one attached hydrogen (secondary N) is 2. The number of piperidine rings is 1. The van der Waals surface area contributed by atoms with Gasteiger partial charge in [-0.2, -0.15) is 0 Å². The van der Waals surface area contributed by atoms with Crippen molar-refractivity contribution in [2.24, 2.45) is 0 Å². The van der Waals surface area contributed by atoms with E-state index < -0.39 is 6.03 Å². The van der Waals surface area contributed by atoms with Gasteiger partial charge in [-0.3, -0.25) is 15.0 Å². The highest BCUT2D eigenvalue weighted by atomic mass is 35.5. The Hall–Kier alpha value is -1.59. The second-order valence-electron chi connectivity index (χ2n) is 5.46. The van der Waals surface area contributed by atoms with E-state index in [4.69, 9.17) is 11.6 Å². The molecule has 0 spiro atoms. The van der Waals surface area contributed by atoms with Crippen LogP contribution in [0.15, 0.2) is 18.2 Å². The van der Waals surface area contributed by atoms with Crippen molar-refractivity contribution in [3.63, 3.8) is 0 Å². The van der Waals surface area contributed by atoms with Crippen LogP contribution in [0.1, 0.15) is 30.7 Å². The lowest BCUT2D eigenvalue weighted by Gasteiger charge is -2.30. The Bertz CT molecular complexity index is 570. The molecule has 1 aromatic carbocycles. The van der Waals surface area contributed by atoms with E-state index in [9.17, 15) is 9.59 Å². The molecule has 0 unspecified atom stereocenters. The highest BCUT2D eigenvalue weighted by molar-refractivity contribution is 6.34. The molecule has 2 saturated heterocycles. The van der Waals surface area contributed by atoms with Crippen LogP contribution in [0.5, 0.6) is 0 Å². The van der Waals surface area contributed by atoms with Gasteiger partial charge < -0.3 is 5.32 Å². The van der Waals surface area contributed by atoms with Crippen molar-refractivity contribution in [3.8, 4) is 0 Å². The second-order valence-corrected chi connectivity index (χ2v) is 5.84. The summed E-state index contributed by atoms with van der Waals surface area (Å²) in [6, 6.07) is 5.41. The maximum absolute atomic E-state index is 12.0. The van der Waals surface area contributed by atoms with Crippen molar-refractivity contribution in [2.75, 3.05) is 24.5 Å². The molecule has 1 aromatic rings. The molecule has 21 heavy (non-hydrogen) atoms. The smallest absolute Gasteiger partial charge is 0.317 e. The lowest BCUT2D eigenvalue weighted by atomic mass is 9.90. The minimum Gasteiger partial charge on any atom is -0.317 e. The molecule has 2 fully saturated rings. The largest absolute Gasteiger partial charge is 0.328 e. The Labute approximate surface area is 128 Å². The number of carbonyl (C=O) groups is 2. The standard InChI is InChI=1S/C15H18ClN3O2/c16-14-11(10-4-7-17-8-5-10)2-1-3-12(14)19-9-6-13(20)18-15(19)21/h1-3,10,17H,4-9H2,(H,18,20,21). The fourth-order valence-corrected chi connectivity index (χ4v) is 3.37. The van der Waals surface area contributed by atoms with E-state index in [1.54, 1.807) is 4.90 Å². The zero-order valence-electron chi connectivity index (χ0n) is 11.7. The lowest BCUT2D eigenvalue weighted by Crippen LogP contribution is -2.49. The predicted octanol–water partition coefficient (Wildman–Crippen LogP) is 2.25. The summed E-state index contributed by atoms with van der Waals surface area (Å²) in [7, 11) is 0. The zero-order chi connectivity index (χ0) is 14.8. The van der Waals surface area contributed by atoms with Crippen molar-refractivity contribution >= 4 is 29.2 Å². The number of hydrogen-bond acceptors (Lipinski definition) is 3. The molecular weight excluding hydrogens is 290 g/mol. The van der Waals surface area contributed by atoms with E-state index in [1.807, 2.05) is 18.2 Å². The maximum atomic E-state index is 12.0. The fourth-order valence-electron chi connectivity index (χ4n) is 2.99. The first-order valence-electron chi connectivity index (χ1n) is 7.27. The van der Waals surface area contributed by atoms with Gasteiger partial charge in [-0.25, -0.2) is 4.79 Å². The van der Waals surface area contributed by atoms with Gasteiger partial charge in [0.2, 0.25) is 5.91 Å². The van der Waals surface area contributed by atoms with Crippen LogP contribution < -0.4 is 15.5 Å². The third kappa shape index (κ3) is 2.89. The summed E-state index contributed by atoms with van der Waals surface area (Å²) in [5.74, 6) is 0.190. The van der Waals surface area contributed by atoms with E-state index in [0.29, 0.717) is 29.6 Å². The molecule has 6 heteroatoms. The molecule has 0 aliphatic carbocycles. The van der Waals surface area contributed by atoms with Crippen LogP contribution in [-0.4, -0.2) is 31.6 Å².